The summed E-state index contributed by atoms with van der Waals surface area (Å²) in [4.78, 5) is 14.0. The van der Waals surface area contributed by atoms with E-state index in [0.717, 1.165) is 24.7 Å². The van der Waals surface area contributed by atoms with Crippen LogP contribution in [0.3, 0.4) is 0 Å². The van der Waals surface area contributed by atoms with Gasteiger partial charge >= 0.3 is 0 Å². The first-order chi connectivity index (χ1) is 9.00. The monoisotopic (exact) mass is 258 g/mol. The van der Waals surface area contributed by atoms with Crippen LogP contribution >= 0.6 is 0 Å². The minimum absolute atomic E-state index is 0.191. The van der Waals surface area contributed by atoms with Crippen LogP contribution < -0.4 is 10.2 Å². The quantitative estimate of drug-likeness (QED) is 0.898. The Bertz CT molecular complexity index is 517. The van der Waals surface area contributed by atoms with E-state index in [9.17, 15) is 4.79 Å². The number of anilines is 1. The molecule has 1 aromatic rings. The van der Waals surface area contributed by atoms with Gasteiger partial charge in [-0.15, -0.1) is 0 Å². The van der Waals surface area contributed by atoms with Gasteiger partial charge in [-0.25, -0.2) is 0 Å². The Balaban J connectivity index is 1.79. The number of likely N-dealkylation sites (N-methyl/N-ethyl adjacent to an activating group) is 1. The zero-order valence-corrected chi connectivity index (χ0v) is 12.0. The van der Waals surface area contributed by atoms with Gasteiger partial charge in [0.25, 0.3) is 0 Å². The number of amides is 1. The zero-order chi connectivity index (χ0) is 13.6. The largest absolute Gasteiger partial charge is 0.314 e. The molecule has 1 amide bonds. The maximum atomic E-state index is 12.2. The Kier molecular flexibility index (Phi) is 2.90. The highest BCUT2D eigenvalue weighted by Crippen LogP contribution is 2.41. The molecule has 1 heterocycles. The molecule has 1 fully saturated rings. The molecule has 1 N–H and O–H groups in total. The first-order valence-corrected chi connectivity index (χ1v) is 7.15. The molecule has 1 aliphatic carbocycles. The topological polar surface area (TPSA) is 32.3 Å². The SMILES string of the molecule is CN1C(=O)C(C)(C)c2cc(CCNC3CC3)ccc21. The molecule has 1 saturated carbocycles. The molecule has 1 aliphatic heterocycles. The maximum absolute atomic E-state index is 12.2. The van der Waals surface area contributed by atoms with Gasteiger partial charge in [-0.3, -0.25) is 4.79 Å². The Hall–Kier alpha value is -1.35. The van der Waals surface area contributed by atoms with Crippen LogP contribution in [0.1, 0.15) is 37.8 Å². The van der Waals surface area contributed by atoms with Crippen molar-refractivity contribution in [3.63, 3.8) is 0 Å². The molecule has 3 nitrogen and oxygen atoms in total. The van der Waals surface area contributed by atoms with Crippen LogP contribution in [-0.4, -0.2) is 25.5 Å². The molecule has 3 rings (SSSR count). The lowest BCUT2D eigenvalue weighted by atomic mass is 9.85. The summed E-state index contributed by atoms with van der Waals surface area (Å²) in [5.74, 6) is 0.191. The lowest BCUT2D eigenvalue weighted by Gasteiger charge is -2.16. The van der Waals surface area contributed by atoms with Crippen molar-refractivity contribution in [1.29, 1.82) is 0 Å². The summed E-state index contributed by atoms with van der Waals surface area (Å²) in [6.45, 7) is 5.07. The number of carbonyl (C=O) groups excluding carboxylic acids is 1. The molecular weight excluding hydrogens is 236 g/mol. The fourth-order valence-electron chi connectivity index (χ4n) is 2.88. The van der Waals surface area contributed by atoms with Crippen LogP contribution in [0.2, 0.25) is 0 Å². The van der Waals surface area contributed by atoms with Gasteiger partial charge < -0.3 is 10.2 Å². The number of carbonyl (C=O) groups is 1. The van der Waals surface area contributed by atoms with Crippen molar-refractivity contribution >= 4 is 11.6 Å². The molecule has 19 heavy (non-hydrogen) atoms. The Labute approximate surface area is 115 Å². The van der Waals surface area contributed by atoms with Gasteiger partial charge in [0.1, 0.15) is 0 Å². The van der Waals surface area contributed by atoms with Crippen molar-refractivity contribution < 1.29 is 4.79 Å². The molecule has 3 heteroatoms. The summed E-state index contributed by atoms with van der Waals surface area (Å²) < 4.78 is 0. The fourth-order valence-corrected chi connectivity index (χ4v) is 2.88. The molecule has 2 aliphatic rings. The standard InChI is InChI=1S/C16H22N2O/c1-16(2)13-10-11(8-9-17-12-5-6-12)4-7-14(13)18(3)15(16)19/h4,7,10,12,17H,5-6,8-9H2,1-3H3. The summed E-state index contributed by atoms with van der Waals surface area (Å²) in [5.41, 5.74) is 3.17. The minimum atomic E-state index is -0.385. The summed E-state index contributed by atoms with van der Waals surface area (Å²) in [6, 6.07) is 7.22. The molecule has 1 aromatic carbocycles. The van der Waals surface area contributed by atoms with Gasteiger partial charge in [0.15, 0.2) is 0 Å². The first kappa shape index (κ1) is 12.7. The molecule has 0 bridgehead atoms. The number of hydrogen-bond acceptors (Lipinski definition) is 2. The molecule has 102 valence electrons. The first-order valence-electron chi connectivity index (χ1n) is 7.15. The van der Waals surface area contributed by atoms with E-state index in [4.69, 9.17) is 0 Å². The highest BCUT2D eigenvalue weighted by atomic mass is 16.2. The number of nitrogens with zero attached hydrogens (tertiary/aromatic N) is 1. The number of hydrogen-bond donors (Lipinski definition) is 1. The van der Waals surface area contributed by atoms with Gasteiger partial charge in [-0.2, -0.15) is 0 Å². The number of benzene rings is 1. The van der Waals surface area contributed by atoms with Gasteiger partial charge in [0.05, 0.1) is 5.41 Å². The Morgan fingerprint density at radius 2 is 2.11 bits per heavy atom. The van der Waals surface area contributed by atoms with Crippen molar-refractivity contribution in [3.05, 3.63) is 29.3 Å². The highest BCUT2D eigenvalue weighted by molar-refractivity contribution is 6.07. The second kappa shape index (κ2) is 4.34. The zero-order valence-electron chi connectivity index (χ0n) is 12.0. The molecule has 0 radical (unpaired) electrons. The lowest BCUT2D eigenvalue weighted by Crippen LogP contribution is -2.33. The van der Waals surface area contributed by atoms with E-state index in [-0.39, 0.29) is 11.3 Å². The highest BCUT2D eigenvalue weighted by Gasteiger charge is 2.42. The van der Waals surface area contributed by atoms with E-state index in [0.29, 0.717) is 0 Å². The van der Waals surface area contributed by atoms with E-state index in [1.165, 1.54) is 24.0 Å². The third-order valence-corrected chi connectivity index (χ3v) is 4.36. The Morgan fingerprint density at radius 1 is 1.37 bits per heavy atom. The van der Waals surface area contributed by atoms with Gasteiger partial charge in [0, 0.05) is 18.8 Å². The van der Waals surface area contributed by atoms with Crippen LogP contribution in [-0.2, 0) is 16.6 Å². The summed E-state index contributed by atoms with van der Waals surface area (Å²) in [5, 5.41) is 3.53. The van der Waals surface area contributed by atoms with Crippen molar-refractivity contribution in [2.45, 2.75) is 44.6 Å². The third kappa shape index (κ3) is 2.16. The van der Waals surface area contributed by atoms with Gasteiger partial charge in [-0.05, 0) is 56.8 Å². The van der Waals surface area contributed by atoms with E-state index >= 15 is 0 Å². The summed E-state index contributed by atoms with van der Waals surface area (Å²) in [7, 11) is 1.87. The average Bonchev–Trinajstić information content (AvgIpc) is 3.18. The fraction of sp³-hybridized carbons (Fsp3) is 0.562. The molecular formula is C16H22N2O. The summed E-state index contributed by atoms with van der Waals surface area (Å²) >= 11 is 0. The van der Waals surface area contributed by atoms with E-state index in [1.54, 1.807) is 4.90 Å². The van der Waals surface area contributed by atoms with Crippen LogP contribution in [0.15, 0.2) is 18.2 Å². The Morgan fingerprint density at radius 3 is 2.79 bits per heavy atom. The predicted octanol–water partition coefficient (Wildman–Crippen LogP) is 2.24. The van der Waals surface area contributed by atoms with E-state index in [1.807, 2.05) is 20.9 Å². The third-order valence-electron chi connectivity index (χ3n) is 4.36. The van der Waals surface area contributed by atoms with Crippen LogP contribution in [0.25, 0.3) is 0 Å². The van der Waals surface area contributed by atoms with Crippen LogP contribution in [0.5, 0.6) is 0 Å². The van der Waals surface area contributed by atoms with Gasteiger partial charge in [-0.1, -0.05) is 12.1 Å². The number of rotatable bonds is 4. The maximum Gasteiger partial charge on any atom is 0.236 e. The second-order valence-corrected chi connectivity index (χ2v) is 6.32. The normalized spacial score (nSPS) is 20.8. The molecule has 0 atom stereocenters. The second-order valence-electron chi connectivity index (χ2n) is 6.32. The molecule has 0 unspecified atom stereocenters. The van der Waals surface area contributed by atoms with Crippen LogP contribution in [0, 0.1) is 0 Å². The summed E-state index contributed by atoms with van der Waals surface area (Å²) in [6.07, 6.45) is 3.70. The molecule has 0 spiro atoms. The van der Waals surface area contributed by atoms with Crippen molar-refractivity contribution in [3.8, 4) is 0 Å². The molecule has 0 saturated heterocycles. The van der Waals surface area contributed by atoms with Crippen LogP contribution in [0.4, 0.5) is 5.69 Å². The lowest BCUT2D eigenvalue weighted by molar-refractivity contribution is -0.121. The predicted molar refractivity (Wildman–Crippen MR) is 77.6 cm³/mol. The van der Waals surface area contributed by atoms with Crippen molar-refractivity contribution in [2.75, 3.05) is 18.5 Å². The van der Waals surface area contributed by atoms with Crippen molar-refractivity contribution in [2.24, 2.45) is 0 Å². The smallest absolute Gasteiger partial charge is 0.236 e. The van der Waals surface area contributed by atoms with Gasteiger partial charge in [0.2, 0.25) is 5.91 Å². The minimum Gasteiger partial charge on any atom is -0.314 e. The van der Waals surface area contributed by atoms with E-state index in [2.05, 4.69) is 23.5 Å². The number of fused-ring (bicyclic) bond motifs is 1. The number of nitrogens with one attached hydrogen (secondary N) is 1. The molecule has 0 aromatic heterocycles. The average molecular weight is 258 g/mol. The van der Waals surface area contributed by atoms with E-state index < -0.39 is 0 Å². The van der Waals surface area contributed by atoms with Crippen molar-refractivity contribution in [1.82, 2.24) is 5.32 Å².